The van der Waals surface area contributed by atoms with Crippen molar-refractivity contribution >= 4 is 35.2 Å². The average molecular weight is 375 g/mol. The SMILES string of the molecule is CSCCCNC(=O)CN1C(=O)C2CCCCN2C(=O)c2ccccc21. The molecule has 1 unspecified atom stereocenters. The van der Waals surface area contributed by atoms with Crippen LogP contribution in [0.3, 0.4) is 0 Å². The number of amides is 3. The number of rotatable bonds is 6. The molecule has 0 bridgehead atoms. The molecule has 3 rings (SSSR count). The van der Waals surface area contributed by atoms with Crippen LogP contribution in [-0.4, -0.2) is 60.3 Å². The summed E-state index contributed by atoms with van der Waals surface area (Å²) in [4.78, 5) is 41.6. The molecule has 0 spiro atoms. The monoisotopic (exact) mass is 375 g/mol. The van der Waals surface area contributed by atoms with Crippen LogP contribution in [0.15, 0.2) is 24.3 Å². The van der Waals surface area contributed by atoms with E-state index in [9.17, 15) is 14.4 Å². The maximum Gasteiger partial charge on any atom is 0.256 e. The van der Waals surface area contributed by atoms with Gasteiger partial charge in [0.1, 0.15) is 12.6 Å². The fourth-order valence-corrected chi connectivity index (χ4v) is 4.01. The zero-order valence-corrected chi connectivity index (χ0v) is 15.9. The Balaban J connectivity index is 1.83. The van der Waals surface area contributed by atoms with Crippen molar-refractivity contribution in [3.05, 3.63) is 29.8 Å². The van der Waals surface area contributed by atoms with Crippen LogP contribution in [0.2, 0.25) is 0 Å². The number of benzene rings is 1. The molecule has 3 amide bonds. The average Bonchev–Trinajstić information content (AvgIpc) is 2.76. The predicted molar refractivity (Wildman–Crippen MR) is 103 cm³/mol. The third-order valence-electron chi connectivity index (χ3n) is 4.89. The molecular weight excluding hydrogens is 350 g/mol. The van der Waals surface area contributed by atoms with E-state index in [-0.39, 0.29) is 24.3 Å². The third-order valence-corrected chi connectivity index (χ3v) is 5.59. The molecule has 2 heterocycles. The fourth-order valence-electron chi connectivity index (χ4n) is 3.58. The van der Waals surface area contributed by atoms with Crippen LogP contribution >= 0.6 is 11.8 Å². The Labute approximate surface area is 158 Å². The Morgan fingerprint density at radius 3 is 2.88 bits per heavy atom. The summed E-state index contributed by atoms with van der Waals surface area (Å²) in [5, 5.41) is 2.88. The normalized spacial score (nSPS) is 19.7. The smallest absolute Gasteiger partial charge is 0.256 e. The van der Waals surface area contributed by atoms with Crippen molar-refractivity contribution in [3.63, 3.8) is 0 Å². The summed E-state index contributed by atoms with van der Waals surface area (Å²) >= 11 is 1.74. The van der Waals surface area contributed by atoms with Crippen molar-refractivity contribution < 1.29 is 14.4 Å². The van der Waals surface area contributed by atoms with Crippen molar-refractivity contribution in [1.82, 2.24) is 10.2 Å². The topological polar surface area (TPSA) is 69.7 Å². The first-order valence-corrected chi connectivity index (χ1v) is 10.5. The summed E-state index contributed by atoms with van der Waals surface area (Å²) in [5.41, 5.74) is 1.04. The van der Waals surface area contributed by atoms with Gasteiger partial charge in [0.2, 0.25) is 11.8 Å². The van der Waals surface area contributed by atoms with Crippen molar-refractivity contribution in [2.75, 3.05) is 36.5 Å². The first kappa shape index (κ1) is 18.8. The van der Waals surface area contributed by atoms with E-state index >= 15 is 0 Å². The van der Waals surface area contributed by atoms with Gasteiger partial charge >= 0.3 is 0 Å². The van der Waals surface area contributed by atoms with Crippen LogP contribution in [0.4, 0.5) is 5.69 Å². The van der Waals surface area contributed by atoms with E-state index in [0.29, 0.717) is 30.8 Å². The molecule has 1 aromatic carbocycles. The third kappa shape index (κ3) is 3.87. The largest absolute Gasteiger partial charge is 0.355 e. The first-order chi connectivity index (χ1) is 12.6. The van der Waals surface area contributed by atoms with E-state index in [1.807, 2.05) is 6.26 Å². The standard InChI is InChI=1S/C19H25N3O3S/c1-26-12-6-10-20-17(23)13-22-15-8-3-2-7-14(15)18(24)21-11-5-4-9-16(21)19(22)25/h2-3,7-8,16H,4-6,9-13H2,1H3,(H,20,23). The fraction of sp³-hybridized carbons (Fsp3) is 0.526. The molecule has 7 heteroatoms. The molecule has 1 atom stereocenters. The lowest BCUT2D eigenvalue weighted by atomic mass is 10.0. The van der Waals surface area contributed by atoms with Crippen LogP contribution in [0, 0.1) is 0 Å². The van der Waals surface area contributed by atoms with Crippen molar-refractivity contribution in [1.29, 1.82) is 0 Å². The van der Waals surface area contributed by atoms with Gasteiger partial charge in [-0.1, -0.05) is 12.1 Å². The zero-order valence-electron chi connectivity index (χ0n) is 15.1. The Kier molecular flexibility index (Phi) is 6.19. The highest BCUT2D eigenvalue weighted by Crippen LogP contribution is 2.31. The Morgan fingerprint density at radius 1 is 1.27 bits per heavy atom. The maximum atomic E-state index is 13.1. The second-order valence-electron chi connectivity index (χ2n) is 6.65. The quantitative estimate of drug-likeness (QED) is 0.771. The van der Waals surface area contributed by atoms with Gasteiger partial charge in [0.05, 0.1) is 11.3 Å². The van der Waals surface area contributed by atoms with Gasteiger partial charge in [0, 0.05) is 13.1 Å². The molecule has 1 N–H and O–H groups in total. The first-order valence-electron chi connectivity index (χ1n) is 9.10. The molecule has 0 aliphatic carbocycles. The van der Waals surface area contributed by atoms with Gasteiger partial charge < -0.3 is 15.1 Å². The van der Waals surface area contributed by atoms with E-state index in [4.69, 9.17) is 0 Å². The van der Waals surface area contributed by atoms with Crippen molar-refractivity contribution in [2.45, 2.75) is 31.7 Å². The van der Waals surface area contributed by atoms with E-state index in [1.54, 1.807) is 40.9 Å². The predicted octanol–water partition coefficient (Wildman–Crippen LogP) is 1.90. The zero-order chi connectivity index (χ0) is 18.5. The number of nitrogens with one attached hydrogen (secondary N) is 1. The molecule has 0 radical (unpaired) electrons. The molecular formula is C19H25N3O3S. The van der Waals surface area contributed by atoms with Crippen LogP contribution in [0.25, 0.3) is 0 Å². The molecule has 6 nitrogen and oxygen atoms in total. The van der Waals surface area contributed by atoms with Crippen LogP contribution < -0.4 is 10.2 Å². The number of para-hydroxylation sites is 1. The number of hydrogen-bond acceptors (Lipinski definition) is 4. The summed E-state index contributed by atoms with van der Waals surface area (Å²) in [6.45, 7) is 1.14. The van der Waals surface area contributed by atoms with Crippen molar-refractivity contribution in [2.24, 2.45) is 0 Å². The molecule has 2 aliphatic heterocycles. The van der Waals surface area contributed by atoms with Gasteiger partial charge in [-0.25, -0.2) is 0 Å². The highest BCUT2D eigenvalue weighted by atomic mass is 32.2. The lowest BCUT2D eigenvalue weighted by molar-refractivity contribution is -0.126. The molecule has 140 valence electrons. The van der Waals surface area contributed by atoms with Gasteiger partial charge in [0.15, 0.2) is 0 Å². The lowest BCUT2D eigenvalue weighted by Gasteiger charge is -2.34. The Hall–Kier alpha value is -2.02. The maximum absolute atomic E-state index is 13.1. The molecule has 1 fully saturated rings. The number of nitrogens with zero attached hydrogens (tertiary/aromatic N) is 2. The van der Waals surface area contributed by atoms with Crippen LogP contribution in [0.1, 0.15) is 36.0 Å². The highest BCUT2D eigenvalue weighted by Gasteiger charge is 2.40. The number of piperidine rings is 1. The molecule has 1 saturated heterocycles. The summed E-state index contributed by atoms with van der Waals surface area (Å²) in [5.74, 6) is 0.534. The second-order valence-corrected chi connectivity index (χ2v) is 7.63. The number of carbonyl (C=O) groups is 3. The minimum atomic E-state index is -0.465. The Bertz CT molecular complexity index is 694. The summed E-state index contributed by atoms with van der Waals surface area (Å²) in [6, 6.07) is 6.63. The number of carbonyl (C=O) groups excluding carboxylic acids is 3. The molecule has 2 aliphatic rings. The molecule has 0 aromatic heterocycles. The number of fused-ring (bicyclic) bond motifs is 2. The van der Waals surface area contributed by atoms with Gasteiger partial charge in [0.25, 0.3) is 5.91 Å². The van der Waals surface area contributed by atoms with E-state index < -0.39 is 6.04 Å². The van der Waals surface area contributed by atoms with Gasteiger partial charge in [-0.05, 0) is 49.8 Å². The lowest BCUT2D eigenvalue weighted by Crippen LogP contribution is -2.52. The molecule has 0 saturated carbocycles. The minimum absolute atomic E-state index is 0.0489. The van der Waals surface area contributed by atoms with E-state index in [0.717, 1.165) is 25.0 Å². The van der Waals surface area contributed by atoms with E-state index in [1.165, 1.54) is 4.90 Å². The minimum Gasteiger partial charge on any atom is -0.355 e. The number of thioether (sulfide) groups is 1. The number of hydrogen-bond donors (Lipinski definition) is 1. The summed E-state index contributed by atoms with van der Waals surface area (Å²) in [7, 11) is 0. The van der Waals surface area contributed by atoms with Crippen LogP contribution in [-0.2, 0) is 9.59 Å². The summed E-state index contributed by atoms with van der Waals surface area (Å²) < 4.78 is 0. The highest BCUT2D eigenvalue weighted by molar-refractivity contribution is 7.98. The summed E-state index contributed by atoms with van der Waals surface area (Å²) in [6.07, 6.45) is 5.41. The van der Waals surface area contributed by atoms with Crippen molar-refractivity contribution in [3.8, 4) is 0 Å². The molecule has 26 heavy (non-hydrogen) atoms. The van der Waals surface area contributed by atoms with Gasteiger partial charge in [-0.15, -0.1) is 0 Å². The van der Waals surface area contributed by atoms with Gasteiger partial charge in [-0.2, -0.15) is 11.8 Å². The second kappa shape index (κ2) is 8.58. The van der Waals surface area contributed by atoms with E-state index in [2.05, 4.69) is 5.32 Å². The van der Waals surface area contributed by atoms with Gasteiger partial charge in [-0.3, -0.25) is 14.4 Å². The van der Waals surface area contributed by atoms with Crippen LogP contribution in [0.5, 0.6) is 0 Å². The molecule has 1 aromatic rings. The number of anilines is 1. The Morgan fingerprint density at radius 2 is 2.08 bits per heavy atom.